The van der Waals surface area contributed by atoms with E-state index in [1.165, 1.54) is 49.4 Å². The van der Waals surface area contributed by atoms with Crippen LogP contribution in [0.1, 0.15) is 50.0 Å². The lowest BCUT2D eigenvalue weighted by atomic mass is 9.97. The molecule has 0 N–H and O–H groups in total. The lowest BCUT2D eigenvalue weighted by molar-refractivity contribution is 0.213. The van der Waals surface area contributed by atoms with Gasteiger partial charge >= 0.3 is 0 Å². The molecule has 2 aromatic rings. The lowest BCUT2D eigenvalue weighted by Crippen LogP contribution is -2.35. The monoisotopic (exact) mass is 342 g/mol. The Morgan fingerprint density at radius 2 is 1.96 bits per heavy atom. The Balaban J connectivity index is 1.73. The molecule has 0 radical (unpaired) electrons. The van der Waals surface area contributed by atoms with Crippen LogP contribution in [0.4, 0.5) is 5.82 Å². The fraction of sp³-hybridized carbons (Fsp3) is 0.684. The van der Waals surface area contributed by atoms with Gasteiger partial charge in [-0.25, -0.2) is 4.98 Å². The topological polar surface area (TPSA) is 42.1 Å². The number of piperidine rings is 1. The summed E-state index contributed by atoms with van der Waals surface area (Å²) < 4.78 is 4.34. The first-order valence-electron chi connectivity index (χ1n) is 9.73. The van der Waals surface area contributed by atoms with Crippen molar-refractivity contribution >= 4 is 5.82 Å². The van der Waals surface area contributed by atoms with Gasteiger partial charge in [0.2, 0.25) is 0 Å². The summed E-state index contributed by atoms with van der Waals surface area (Å²) in [5.41, 5.74) is 2.44. The standard InChI is InChI=1S/C19H30N6/c1-4-23-10-7-8-16(14-23)18-20-9-13-25(18)17-15(2)22(3)21-19(17)24-11-5-6-12-24/h9,13,16H,4-8,10-12,14H2,1-3H3. The number of likely N-dealkylation sites (N-methyl/N-ethyl adjacent to an activating group) is 1. The molecule has 6 heteroatoms. The summed E-state index contributed by atoms with van der Waals surface area (Å²) in [6.45, 7) is 10.1. The van der Waals surface area contributed by atoms with Crippen LogP contribution in [0.25, 0.3) is 5.69 Å². The molecule has 0 amide bonds. The van der Waals surface area contributed by atoms with Crippen LogP contribution in [0, 0.1) is 6.92 Å². The summed E-state index contributed by atoms with van der Waals surface area (Å²) in [5.74, 6) is 2.84. The van der Waals surface area contributed by atoms with Crippen molar-refractivity contribution in [2.24, 2.45) is 7.05 Å². The van der Waals surface area contributed by atoms with E-state index >= 15 is 0 Å². The van der Waals surface area contributed by atoms with Crippen molar-refractivity contribution in [3.05, 3.63) is 23.9 Å². The van der Waals surface area contributed by atoms with Crippen LogP contribution in [0.15, 0.2) is 12.4 Å². The molecule has 1 unspecified atom stereocenters. The van der Waals surface area contributed by atoms with Crippen molar-refractivity contribution in [1.82, 2.24) is 24.2 Å². The first kappa shape index (κ1) is 16.6. The van der Waals surface area contributed by atoms with Crippen molar-refractivity contribution in [2.45, 2.75) is 45.4 Å². The molecule has 1 atom stereocenters. The fourth-order valence-corrected chi connectivity index (χ4v) is 4.36. The molecule has 4 heterocycles. The molecule has 2 saturated heterocycles. The number of hydrogen-bond donors (Lipinski definition) is 0. The lowest BCUT2D eigenvalue weighted by Gasteiger charge is -2.31. The molecule has 136 valence electrons. The zero-order valence-electron chi connectivity index (χ0n) is 15.8. The highest BCUT2D eigenvalue weighted by molar-refractivity contribution is 5.61. The molecule has 2 aliphatic heterocycles. The van der Waals surface area contributed by atoms with Gasteiger partial charge in [0.25, 0.3) is 0 Å². The number of hydrogen-bond acceptors (Lipinski definition) is 4. The highest BCUT2D eigenvalue weighted by Crippen LogP contribution is 2.33. The molecule has 0 aliphatic carbocycles. The largest absolute Gasteiger partial charge is 0.353 e. The average Bonchev–Trinajstić information content (AvgIpc) is 3.36. The highest BCUT2D eigenvalue weighted by atomic mass is 15.4. The van der Waals surface area contributed by atoms with Gasteiger partial charge in [-0.15, -0.1) is 0 Å². The summed E-state index contributed by atoms with van der Waals surface area (Å²) >= 11 is 0. The minimum Gasteiger partial charge on any atom is -0.353 e. The predicted molar refractivity (Wildman–Crippen MR) is 101 cm³/mol. The smallest absolute Gasteiger partial charge is 0.175 e. The average molecular weight is 342 g/mol. The molecule has 0 bridgehead atoms. The van der Waals surface area contributed by atoms with E-state index in [0.717, 1.165) is 32.0 Å². The molecule has 2 aromatic heterocycles. The van der Waals surface area contributed by atoms with E-state index in [4.69, 9.17) is 10.1 Å². The van der Waals surface area contributed by atoms with Gasteiger partial charge in [0.15, 0.2) is 5.82 Å². The maximum atomic E-state index is 4.85. The molecular formula is C19H30N6. The Morgan fingerprint density at radius 3 is 2.72 bits per heavy atom. The Morgan fingerprint density at radius 1 is 1.16 bits per heavy atom. The number of rotatable bonds is 4. The zero-order valence-corrected chi connectivity index (χ0v) is 15.8. The van der Waals surface area contributed by atoms with Crippen LogP contribution in [0.5, 0.6) is 0 Å². The normalized spacial score (nSPS) is 22.0. The quantitative estimate of drug-likeness (QED) is 0.857. The number of aryl methyl sites for hydroxylation is 1. The van der Waals surface area contributed by atoms with Crippen LogP contribution in [0.2, 0.25) is 0 Å². The minimum atomic E-state index is 0.509. The minimum absolute atomic E-state index is 0.509. The molecular weight excluding hydrogens is 312 g/mol. The van der Waals surface area contributed by atoms with Gasteiger partial charge < -0.3 is 9.80 Å². The fourth-order valence-electron chi connectivity index (χ4n) is 4.36. The number of nitrogens with zero attached hydrogens (tertiary/aromatic N) is 6. The third-order valence-corrected chi connectivity index (χ3v) is 5.92. The second-order valence-corrected chi connectivity index (χ2v) is 7.46. The van der Waals surface area contributed by atoms with E-state index in [0.29, 0.717) is 5.92 Å². The van der Waals surface area contributed by atoms with Gasteiger partial charge in [0.05, 0.1) is 5.69 Å². The Hall–Kier alpha value is -1.82. The summed E-state index contributed by atoms with van der Waals surface area (Å²) in [5, 5.41) is 4.85. The molecule has 4 rings (SSSR count). The van der Waals surface area contributed by atoms with Gasteiger partial charge in [-0.3, -0.25) is 9.25 Å². The van der Waals surface area contributed by atoms with Crippen molar-refractivity contribution in [2.75, 3.05) is 37.6 Å². The van der Waals surface area contributed by atoms with Crippen molar-refractivity contribution < 1.29 is 0 Å². The Labute approximate surface area is 150 Å². The van der Waals surface area contributed by atoms with Crippen LogP contribution in [-0.4, -0.2) is 57.0 Å². The van der Waals surface area contributed by atoms with Gasteiger partial charge in [-0.2, -0.15) is 5.10 Å². The van der Waals surface area contributed by atoms with E-state index in [1.807, 2.05) is 10.9 Å². The van der Waals surface area contributed by atoms with E-state index < -0.39 is 0 Å². The van der Waals surface area contributed by atoms with E-state index in [9.17, 15) is 0 Å². The van der Waals surface area contributed by atoms with Crippen molar-refractivity contribution in [1.29, 1.82) is 0 Å². The summed E-state index contributed by atoms with van der Waals surface area (Å²) in [4.78, 5) is 9.77. The van der Waals surface area contributed by atoms with Gasteiger partial charge in [-0.1, -0.05) is 6.92 Å². The SMILES string of the molecule is CCN1CCCC(c2nccn2-c2c(N3CCCC3)nn(C)c2C)C1. The number of likely N-dealkylation sites (tertiary alicyclic amines) is 1. The summed E-state index contributed by atoms with van der Waals surface area (Å²) in [6.07, 6.45) is 9.10. The maximum absolute atomic E-state index is 4.85. The van der Waals surface area contributed by atoms with Crippen LogP contribution in [0.3, 0.4) is 0 Å². The first-order valence-corrected chi connectivity index (χ1v) is 9.73. The van der Waals surface area contributed by atoms with Gasteiger partial charge in [-0.05, 0) is 45.7 Å². The molecule has 0 saturated carbocycles. The van der Waals surface area contributed by atoms with Crippen LogP contribution < -0.4 is 4.90 Å². The second kappa shape index (κ2) is 6.83. The molecule has 0 spiro atoms. The van der Waals surface area contributed by atoms with E-state index in [1.54, 1.807) is 0 Å². The third-order valence-electron chi connectivity index (χ3n) is 5.92. The van der Waals surface area contributed by atoms with Crippen LogP contribution >= 0.6 is 0 Å². The van der Waals surface area contributed by atoms with Crippen molar-refractivity contribution in [3.8, 4) is 5.69 Å². The number of imidazole rings is 1. The maximum Gasteiger partial charge on any atom is 0.175 e. The van der Waals surface area contributed by atoms with E-state index in [2.05, 4.69) is 41.5 Å². The number of anilines is 1. The van der Waals surface area contributed by atoms with Gasteiger partial charge in [0.1, 0.15) is 11.5 Å². The Kier molecular flexibility index (Phi) is 4.54. The molecule has 25 heavy (non-hydrogen) atoms. The molecule has 2 aliphatic rings. The van der Waals surface area contributed by atoms with Crippen molar-refractivity contribution in [3.63, 3.8) is 0 Å². The predicted octanol–water partition coefficient (Wildman–Crippen LogP) is 2.71. The molecule has 6 nitrogen and oxygen atoms in total. The van der Waals surface area contributed by atoms with Gasteiger partial charge in [0, 0.05) is 45.0 Å². The number of aromatic nitrogens is 4. The third kappa shape index (κ3) is 2.97. The second-order valence-electron chi connectivity index (χ2n) is 7.46. The highest BCUT2D eigenvalue weighted by Gasteiger charge is 2.28. The van der Waals surface area contributed by atoms with E-state index in [-0.39, 0.29) is 0 Å². The zero-order chi connectivity index (χ0) is 17.4. The van der Waals surface area contributed by atoms with Crippen LogP contribution in [-0.2, 0) is 7.05 Å². The molecule has 0 aromatic carbocycles. The first-order chi connectivity index (χ1) is 12.2. The Bertz CT molecular complexity index is 724. The summed E-state index contributed by atoms with van der Waals surface area (Å²) in [6, 6.07) is 0. The summed E-state index contributed by atoms with van der Waals surface area (Å²) in [7, 11) is 2.05. The molecule has 2 fully saturated rings.